The van der Waals surface area contributed by atoms with Crippen LogP contribution in [0.5, 0.6) is 69.0 Å². The van der Waals surface area contributed by atoms with Gasteiger partial charge in [-0.2, -0.15) is 0 Å². The number of nitrogens with zero attached hydrogens (tertiary/aromatic N) is 3. The monoisotopic (exact) mass is 1310 g/mol. The predicted octanol–water partition coefficient (Wildman–Crippen LogP) is 11.3. The van der Waals surface area contributed by atoms with E-state index in [0.717, 1.165) is 90.5 Å². The highest BCUT2D eigenvalue weighted by atomic mass is 32.1. The van der Waals surface area contributed by atoms with E-state index in [2.05, 4.69) is 59.1 Å². The molecule has 9 aromatic rings. The predicted molar refractivity (Wildman–Crippen MR) is 335 cm³/mol. The van der Waals surface area contributed by atoms with Gasteiger partial charge in [0.05, 0.1) is 69.6 Å². The minimum atomic E-state index is -1.54. The number of benzene rings is 2. The first-order chi connectivity index (χ1) is 43.1. The summed E-state index contributed by atoms with van der Waals surface area (Å²) in [5.74, 6) is 3.88. The first-order valence-corrected chi connectivity index (χ1v) is 33.7. The molecule has 88 heavy (non-hydrogen) atoms. The molecule has 0 aliphatic carbocycles. The Hall–Kier alpha value is -8.36. The van der Waals surface area contributed by atoms with Crippen molar-refractivity contribution in [3.05, 3.63) is 84.6 Å². The van der Waals surface area contributed by atoms with Crippen LogP contribution in [-0.4, -0.2) is 113 Å². The number of nitrogens with one attached hydrogen (secondary N) is 1. The van der Waals surface area contributed by atoms with E-state index in [9.17, 15) is 19.8 Å². The maximum Gasteiger partial charge on any atom is 0.336 e. The summed E-state index contributed by atoms with van der Waals surface area (Å²) in [5.41, 5.74) is 5.17. The topological polar surface area (TPSA) is 222 Å². The molecule has 0 saturated heterocycles. The van der Waals surface area contributed by atoms with Crippen LogP contribution in [0.2, 0.25) is 0 Å². The molecule has 0 radical (unpaired) electrons. The normalized spacial score (nSPS) is 16.3. The molecule has 7 aliphatic rings. The highest BCUT2D eigenvalue weighted by Crippen LogP contribution is 2.69. The number of carboxylic acids is 2. The fourth-order valence-corrected chi connectivity index (χ4v) is 20.6. The van der Waals surface area contributed by atoms with Gasteiger partial charge in [-0.15, -0.1) is 79.4 Å². The van der Waals surface area contributed by atoms with Crippen LogP contribution >= 0.6 is 79.4 Å². The number of aromatic nitrogens is 1. The molecule has 2 aromatic carbocycles. The van der Waals surface area contributed by atoms with Gasteiger partial charge in [0.1, 0.15) is 96.0 Å². The molecule has 0 unspecified atom stereocenters. The van der Waals surface area contributed by atoms with Crippen LogP contribution in [0.4, 0.5) is 11.4 Å². The lowest BCUT2D eigenvalue weighted by Crippen LogP contribution is -2.35. The average Bonchev–Trinajstić information content (AvgIpc) is 1.70. The van der Waals surface area contributed by atoms with Crippen LogP contribution in [0.3, 0.4) is 0 Å². The molecule has 14 heterocycles. The largest absolute Gasteiger partial charge is 0.486 e. The van der Waals surface area contributed by atoms with Gasteiger partial charge in [-0.05, 0) is 60.7 Å². The second-order valence-electron chi connectivity index (χ2n) is 20.5. The summed E-state index contributed by atoms with van der Waals surface area (Å²) in [7, 11) is 0. The standard InChI is InChI=1S/C61H46N4O16S7/c1-3-64-30-7-5-4-6-27(30)8-9-28-24-29(10-11-31(28)64)48-38-39(73-15-14-72-38)51(84-48)52-42-43(77-19-18-76-42)55(86-52)56-46-47(81-23-22-80-46)58(88-56)57-45-44(78-20-21-79-45)54(87-57)53-41-40(74-16-17-75-41)50(85-53)49-37-36(70-12-13-71-37)32(82-49)25-33-59(62)65(26-34(66)67)60(83-33)35(63-2)61(68)69/h4-7,10-11,24-25,62H,3,8-9,12-23,26H2,1H3,(H,66,67)(H,68,69)/b33-25-,60-35-,62-59?. The van der Waals surface area contributed by atoms with Crippen molar-refractivity contribution in [3.63, 3.8) is 0 Å². The van der Waals surface area contributed by atoms with Gasteiger partial charge in [0.25, 0.3) is 0 Å². The molecule has 27 heteroatoms. The van der Waals surface area contributed by atoms with Crippen molar-refractivity contribution in [1.82, 2.24) is 4.57 Å². The molecule has 0 bridgehead atoms. The van der Waals surface area contributed by atoms with Crippen molar-refractivity contribution < 1.29 is 76.6 Å². The Kier molecular flexibility index (Phi) is 13.8. The summed E-state index contributed by atoms with van der Waals surface area (Å²) in [6.07, 6.45) is 3.47. The number of para-hydroxylation sites is 1. The van der Waals surface area contributed by atoms with Crippen LogP contribution in [0, 0.1) is 12.0 Å². The first kappa shape index (κ1) is 55.0. The maximum absolute atomic E-state index is 12.1. The van der Waals surface area contributed by atoms with Gasteiger partial charge < -0.3 is 76.5 Å². The van der Waals surface area contributed by atoms with E-state index in [1.807, 2.05) is 0 Å². The lowest BCUT2D eigenvalue weighted by Gasteiger charge is -2.25. The van der Waals surface area contributed by atoms with E-state index < -0.39 is 24.2 Å². The van der Waals surface area contributed by atoms with Gasteiger partial charge >= 0.3 is 17.6 Å². The highest BCUT2D eigenvalue weighted by molar-refractivity contribution is 7.32. The van der Waals surface area contributed by atoms with Crippen molar-refractivity contribution in [1.29, 1.82) is 5.41 Å². The van der Waals surface area contributed by atoms with Gasteiger partial charge in [0.15, 0.2) is 69.0 Å². The third-order valence-electron chi connectivity index (χ3n) is 15.4. The van der Waals surface area contributed by atoms with E-state index in [4.69, 9.17) is 68.8 Å². The summed E-state index contributed by atoms with van der Waals surface area (Å²) in [6, 6.07) is 15.4. The highest BCUT2D eigenvalue weighted by Gasteiger charge is 2.41. The van der Waals surface area contributed by atoms with Crippen LogP contribution in [0.1, 0.15) is 22.9 Å². The Bertz CT molecular complexity index is 4660. The lowest BCUT2D eigenvalue weighted by molar-refractivity contribution is -0.138. The van der Waals surface area contributed by atoms with E-state index in [1.165, 1.54) is 67.8 Å². The molecule has 16 rings (SSSR count). The summed E-state index contributed by atoms with van der Waals surface area (Å²) in [5, 5.41) is 28.6. The number of fused-ring (bicyclic) bond motifs is 8. The Balaban J connectivity index is 0.800. The molecule has 7 aliphatic heterocycles. The number of thiazole rings is 1. The number of anilines is 2. The number of carbonyl (C=O) groups is 2. The Labute approximate surface area is 527 Å². The molecule has 0 saturated carbocycles. The SMILES string of the molecule is [C-]#[N+]/C(C(=O)O)=c1\s/c(=C\c2sc(-c3sc(-c4sc(-c5sc(-c6sc(-c7sc(-c8ccc9c(c8)CCc8ccccc8N9CC)c8c7OCCO8)c7c6OCCO7)c6c5OCCO6)c5c4OCCO5)c4c3OCCO4)c3c2OCCO3)c(=N)n1CC(=O)O. The van der Waals surface area contributed by atoms with E-state index in [0.29, 0.717) is 131 Å². The zero-order valence-corrected chi connectivity index (χ0v) is 52.0. The summed E-state index contributed by atoms with van der Waals surface area (Å²) < 4.78 is 79.3. The number of hydrogen-bond acceptors (Lipinski definition) is 23. The maximum atomic E-state index is 12.1. The van der Waals surface area contributed by atoms with E-state index >= 15 is 0 Å². The molecule has 0 atom stereocenters. The number of aliphatic carboxylic acids is 2. The zero-order chi connectivity index (χ0) is 59.5. The molecule has 0 amide bonds. The number of thiophene rings is 6. The molecule has 7 aromatic heterocycles. The van der Waals surface area contributed by atoms with Crippen LogP contribution in [0.25, 0.3) is 75.8 Å². The van der Waals surface area contributed by atoms with E-state index in [-0.39, 0.29) is 41.1 Å². The number of ether oxygens (including phenoxy) is 12. The Morgan fingerprint density at radius 1 is 0.511 bits per heavy atom. The third kappa shape index (κ3) is 8.88. The van der Waals surface area contributed by atoms with Crippen molar-refractivity contribution in [2.45, 2.75) is 26.3 Å². The fourth-order valence-electron chi connectivity index (χ4n) is 11.7. The van der Waals surface area contributed by atoms with Crippen molar-refractivity contribution in [2.24, 2.45) is 0 Å². The van der Waals surface area contributed by atoms with Crippen molar-refractivity contribution in [2.75, 3.05) is 90.7 Å². The number of carboxylic acid groups (broad SMARTS) is 2. The lowest BCUT2D eigenvalue weighted by atomic mass is 10.0. The van der Waals surface area contributed by atoms with Gasteiger partial charge in [0, 0.05) is 17.9 Å². The molecular formula is C61H46N4O16S7. The number of aryl methyl sites for hydroxylation is 2. The van der Waals surface area contributed by atoms with Crippen LogP contribution in [-0.2, 0) is 29.0 Å². The average molecular weight is 1320 g/mol. The quantitative estimate of drug-likeness (QED) is 0.102. The van der Waals surface area contributed by atoms with Gasteiger partial charge in [-0.3, -0.25) is 15.0 Å². The van der Waals surface area contributed by atoms with Crippen LogP contribution < -0.4 is 76.4 Å². The fraction of sp³-hybridized carbons (Fsp3) is 0.279. The Morgan fingerprint density at radius 3 is 1.31 bits per heavy atom. The molecule has 0 fully saturated rings. The van der Waals surface area contributed by atoms with Crippen molar-refractivity contribution in [3.8, 4) is 128 Å². The molecule has 448 valence electrons. The molecular weight excluding hydrogens is 1270 g/mol. The Morgan fingerprint density at radius 2 is 0.886 bits per heavy atom. The summed E-state index contributed by atoms with van der Waals surface area (Å²) in [4.78, 5) is 38.9. The number of hydrogen-bond donors (Lipinski definition) is 3. The second kappa shape index (κ2) is 22.0. The second-order valence-corrected chi connectivity index (χ2v) is 27.6. The van der Waals surface area contributed by atoms with Crippen LogP contribution in [0.15, 0.2) is 42.5 Å². The van der Waals surface area contributed by atoms with Crippen molar-refractivity contribution >= 4 is 114 Å². The minimum absolute atomic E-state index is 0.168. The summed E-state index contributed by atoms with van der Waals surface area (Å²) in [6.45, 7) is 13.7. The molecule has 0 spiro atoms. The first-order valence-electron chi connectivity index (χ1n) is 28.0. The minimum Gasteiger partial charge on any atom is -0.486 e. The molecule has 3 N–H and O–H groups in total. The van der Waals surface area contributed by atoms with E-state index in [1.54, 1.807) is 28.7 Å². The van der Waals surface area contributed by atoms with Gasteiger partial charge in [-0.25, -0.2) is 4.85 Å². The molecule has 20 nitrogen and oxygen atoms in total. The summed E-state index contributed by atoms with van der Waals surface area (Å²) >= 11 is 9.74. The number of rotatable bonds is 11. The third-order valence-corrected chi connectivity index (χ3v) is 24.2. The van der Waals surface area contributed by atoms with Gasteiger partial charge in [-0.1, -0.05) is 24.3 Å². The smallest absolute Gasteiger partial charge is 0.336 e. The zero-order valence-electron chi connectivity index (χ0n) is 46.2. The van der Waals surface area contributed by atoms with Gasteiger partial charge in [0.2, 0.25) is 0 Å².